The van der Waals surface area contributed by atoms with Crippen molar-refractivity contribution in [2.75, 3.05) is 11.0 Å². The van der Waals surface area contributed by atoms with E-state index >= 15 is 0 Å². The minimum atomic E-state index is -3.65. The number of sulfonamides is 1. The van der Waals surface area contributed by atoms with Crippen LogP contribution < -0.4 is 4.72 Å². The van der Waals surface area contributed by atoms with Gasteiger partial charge in [0.25, 0.3) is 0 Å². The van der Waals surface area contributed by atoms with E-state index in [0.717, 1.165) is 25.2 Å². The van der Waals surface area contributed by atoms with Gasteiger partial charge in [-0.05, 0) is 54.8 Å². The molecule has 1 aliphatic carbocycles. The lowest BCUT2D eigenvalue weighted by atomic mass is 10.0. The Hall–Kier alpha value is -3.57. The first kappa shape index (κ1) is 25.1. The van der Waals surface area contributed by atoms with Crippen molar-refractivity contribution in [2.24, 2.45) is 0 Å². The summed E-state index contributed by atoms with van der Waals surface area (Å²) >= 11 is 0. The van der Waals surface area contributed by atoms with Crippen LogP contribution >= 0.6 is 0 Å². The number of rotatable bonds is 7. The first-order chi connectivity index (χ1) is 17.5. The van der Waals surface area contributed by atoms with Gasteiger partial charge >= 0.3 is 0 Å². The summed E-state index contributed by atoms with van der Waals surface area (Å²) in [6.45, 7) is 0. The summed E-state index contributed by atoms with van der Waals surface area (Å²) in [6.07, 6.45) is 6.91. The van der Waals surface area contributed by atoms with Gasteiger partial charge in [-0.3, -0.25) is 9.52 Å². The molecule has 0 spiro atoms. The summed E-state index contributed by atoms with van der Waals surface area (Å²) in [7, 11) is -7.07. The van der Waals surface area contributed by atoms with Crippen molar-refractivity contribution in [3.8, 4) is 11.1 Å². The van der Waals surface area contributed by atoms with E-state index in [0.29, 0.717) is 35.0 Å². The number of pyridine rings is 1. The zero-order valence-electron chi connectivity index (χ0n) is 19.9. The Morgan fingerprint density at radius 2 is 1.76 bits per heavy atom. The summed E-state index contributed by atoms with van der Waals surface area (Å²) in [6, 6.07) is 11.6. The number of anilines is 1. The SMILES string of the molecule is CS(=O)(=O)c1cccc(-c2cnc3[nH]cc(C(=O)c4cc(NS(=O)(=O)C5CCCC5)ccc4F)c3c2)c1. The van der Waals surface area contributed by atoms with E-state index in [2.05, 4.69) is 14.7 Å². The molecule has 0 aliphatic heterocycles. The van der Waals surface area contributed by atoms with Crippen molar-refractivity contribution in [1.29, 1.82) is 0 Å². The standard InChI is InChI=1S/C26H24FN3O5S2/c1-36(32,33)20-8-4-5-16(11-20)17-12-21-23(15-29-26(21)28-14-17)25(31)22-13-18(9-10-24(22)27)30-37(34,35)19-6-2-3-7-19/h4-5,8-15,19,30H,2-3,6-7H2,1H3,(H,28,29). The molecule has 0 radical (unpaired) electrons. The molecule has 0 saturated heterocycles. The number of benzene rings is 2. The van der Waals surface area contributed by atoms with Gasteiger partial charge in [-0.15, -0.1) is 0 Å². The monoisotopic (exact) mass is 541 g/mol. The van der Waals surface area contributed by atoms with Crippen molar-refractivity contribution < 1.29 is 26.0 Å². The highest BCUT2D eigenvalue weighted by atomic mass is 32.2. The molecular formula is C26H24FN3O5S2. The first-order valence-electron chi connectivity index (χ1n) is 11.7. The average molecular weight is 542 g/mol. The van der Waals surface area contributed by atoms with Gasteiger partial charge in [0.1, 0.15) is 11.5 Å². The molecular weight excluding hydrogens is 517 g/mol. The number of nitrogens with one attached hydrogen (secondary N) is 2. The topological polar surface area (TPSA) is 126 Å². The van der Waals surface area contributed by atoms with Crippen molar-refractivity contribution in [3.63, 3.8) is 0 Å². The predicted octanol–water partition coefficient (Wildman–Crippen LogP) is 4.69. The maximum absolute atomic E-state index is 14.8. The van der Waals surface area contributed by atoms with Crippen LogP contribution in [0.5, 0.6) is 0 Å². The number of fused-ring (bicyclic) bond motifs is 1. The first-order valence-corrected chi connectivity index (χ1v) is 15.1. The molecule has 0 bridgehead atoms. The lowest BCUT2D eigenvalue weighted by molar-refractivity contribution is 0.103. The number of carbonyl (C=O) groups is 1. The molecule has 5 rings (SSSR count). The second-order valence-electron chi connectivity index (χ2n) is 9.20. The number of aromatic amines is 1. The summed E-state index contributed by atoms with van der Waals surface area (Å²) in [5.74, 6) is -1.43. The number of aromatic nitrogens is 2. The van der Waals surface area contributed by atoms with Gasteiger partial charge in [0.15, 0.2) is 15.6 Å². The molecule has 0 atom stereocenters. The highest BCUT2D eigenvalue weighted by molar-refractivity contribution is 7.93. The van der Waals surface area contributed by atoms with E-state index < -0.39 is 36.7 Å². The van der Waals surface area contributed by atoms with Crippen LogP contribution in [0.15, 0.2) is 65.8 Å². The maximum Gasteiger partial charge on any atom is 0.235 e. The molecule has 11 heteroatoms. The van der Waals surface area contributed by atoms with Crippen LogP contribution in [0.4, 0.5) is 10.1 Å². The molecule has 4 aromatic rings. The smallest absolute Gasteiger partial charge is 0.235 e. The van der Waals surface area contributed by atoms with Gasteiger partial charge < -0.3 is 4.98 Å². The molecule has 8 nitrogen and oxygen atoms in total. The van der Waals surface area contributed by atoms with Crippen molar-refractivity contribution in [1.82, 2.24) is 9.97 Å². The molecule has 2 N–H and O–H groups in total. The Kier molecular flexibility index (Phi) is 6.36. The number of carbonyl (C=O) groups excluding carboxylic acids is 1. The Balaban J connectivity index is 1.51. The van der Waals surface area contributed by atoms with Gasteiger partial charge in [0, 0.05) is 40.8 Å². The molecule has 1 fully saturated rings. The third-order valence-electron chi connectivity index (χ3n) is 6.58. The summed E-state index contributed by atoms with van der Waals surface area (Å²) in [5, 5.41) is -0.0837. The zero-order valence-corrected chi connectivity index (χ0v) is 21.5. The second kappa shape index (κ2) is 9.38. The molecule has 1 aliphatic rings. The van der Waals surface area contributed by atoms with Crippen LogP contribution in [0.25, 0.3) is 22.2 Å². The molecule has 2 aromatic heterocycles. The van der Waals surface area contributed by atoms with Crippen LogP contribution in [-0.4, -0.2) is 44.1 Å². The Morgan fingerprint density at radius 3 is 2.49 bits per heavy atom. The molecule has 2 aromatic carbocycles. The largest absolute Gasteiger partial charge is 0.345 e. The van der Waals surface area contributed by atoms with Crippen LogP contribution in [0.1, 0.15) is 41.6 Å². The van der Waals surface area contributed by atoms with Crippen molar-refractivity contribution in [2.45, 2.75) is 35.8 Å². The van der Waals surface area contributed by atoms with E-state index in [1.54, 1.807) is 24.4 Å². The van der Waals surface area contributed by atoms with Crippen LogP contribution in [0, 0.1) is 5.82 Å². The highest BCUT2D eigenvalue weighted by Crippen LogP contribution is 2.30. The fraction of sp³-hybridized carbons (Fsp3) is 0.231. The van der Waals surface area contributed by atoms with Crippen LogP contribution in [-0.2, 0) is 19.9 Å². The summed E-state index contributed by atoms with van der Waals surface area (Å²) < 4.78 is 66.6. The quantitative estimate of drug-likeness (QED) is 0.327. The molecule has 0 unspecified atom stereocenters. The summed E-state index contributed by atoms with van der Waals surface area (Å²) in [5.41, 5.74) is 1.55. The van der Waals surface area contributed by atoms with E-state index in [-0.39, 0.29) is 21.7 Å². The molecule has 192 valence electrons. The number of hydrogen-bond acceptors (Lipinski definition) is 6. The predicted molar refractivity (Wildman–Crippen MR) is 139 cm³/mol. The Morgan fingerprint density at radius 1 is 1.00 bits per heavy atom. The highest BCUT2D eigenvalue weighted by Gasteiger charge is 2.29. The second-order valence-corrected chi connectivity index (χ2v) is 13.2. The summed E-state index contributed by atoms with van der Waals surface area (Å²) in [4.78, 5) is 20.8. The normalized spacial score (nSPS) is 14.8. The van der Waals surface area contributed by atoms with Crippen molar-refractivity contribution in [3.05, 3.63) is 77.9 Å². The average Bonchev–Trinajstić information content (AvgIpc) is 3.55. The Labute approximate surface area is 213 Å². The lowest BCUT2D eigenvalue weighted by Gasteiger charge is -2.14. The minimum Gasteiger partial charge on any atom is -0.345 e. The van der Waals surface area contributed by atoms with Gasteiger partial charge in [-0.25, -0.2) is 26.2 Å². The number of hydrogen-bond donors (Lipinski definition) is 2. The van der Waals surface area contributed by atoms with Gasteiger partial charge in [-0.1, -0.05) is 25.0 Å². The van der Waals surface area contributed by atoms with E-state index in [1.807, 2.05) is 0 Å². The molecule has 37 heavy (non-hydrogen) atoms. The third-order valence-corrected chi connectivity index (χ3v) is 9.56. The van der Waals surface area contributed by atoms with Crippen LogP contribution in [0.2, 0.25) is 0 Å². The lowest BCUT2D eigenvalue weighted by Crippen LogP contribution is -2.25. The molecule has 1 saturated carbocycles. The van der Waals surface area contributed by atoms with Crippen molar-refractivity contribution >= 4 is 42.4 Å². The van der Waals surface area contributed by atoms with Gasteiger partial charge in [-0.2, -0.15) is 0 Å². The maximum atomic E-state index is 14.8. The van der Waals surface area contributed by atoms with Crippen LogP contribution in [0.3, 0.4) is 0 Å². The molecule has 2 heterocycles. The minimum absolute atomic E-state index is 0.118. The van der Waals surface area contributed by atoms with Gasteiger partial charge in [0.05, 0.1) is 15.7 Å². The van der Waals surface area contributed by atoms with Gasteiger partial charge in [0.2, 0.25) is 10.0 Å². The molecule has 0 amide bonds. The number of halogens is 1. The third kappa shape index (κ3) is 5.01. The zero-order chi connectivity index (χ0) is 26.4. The fourth-order valence-electron chi connectivity index (χ4n) is 4.61. The fourth-order valence-corrected chi connectivity index (χ4v) is 6.85. The van der Waals surface area contributed by atoms with E-state index in [9.17, 15) is 26.0 Å². The van der Waals surface area contributed by atoms with E-state index in [1.165, 1.54) is 30.5 Å². The number of H-pyrrole nitrogens is 1. The Bertz CT molecular complexity index is 1740. The number of ketones is 1. The van der Waals surface area contributed by atoms with E-state index in [4.69, 9.17) is 0 Å². The number of sulfone groups is 1. The number of nitrogens with zero attached hydrogens (tertiary/aromatic N) is 1.